The predicted molar refractivity (Wildman–Crippen MR) is 103 cm³/mol. The number of carbonyl (C=O) groups excluding carboxylic acids is 2. The Kier molecular flexibility index (Phi) is 7.85. The SMILES string of the molecule is O=C(CCCOc1ccc(Cl)cc1Cl)NNC(=O)c1cc(Cl)cc(Cl)c1. The van der Waals surface area contributed by atoms with E-state index < -0.39 is 5.91 Å². The Morgan fingerprint density at radius 3 is 2.23 bits per heavy atom. The second kappa shape index (κ2) is 9.88. The molecule has 2 N–H and O–H groups in total. The summed E-state index contributed by atoms with van der Waals surface area (Å²) in [7, 11) is 0. The lowest BCUT2D eigenvalue weighted by Crippen LogP contribution is -2.41. The number of amides is 2. The van der Waals surface area contributed by atoms with Crippen LogP contribution in [-0.2, 0) is 4.79 Å². The van der Waals surface area contributed by atoms with Crippen molar-refractivity contribution in [2.45, 2.75) is 12.8 Å². The molecule has 0 unspecified atom stereocenters. The molecule has 0 spiro atoms. The topological polar surface area (TPSA) is 67.4 Å². The summed E-state index contributed by atoms with van der Waals surface area (Å²) in [5.41, 5.74) is 4.85. The maximum Gasteiger partial charge on any atom is 0.269 e. The average Bonchev–Trinajstić information content (AvgIpc) is 2.57. The number of ether oxygens (including phenoxy) is 1. The first-order chi connectivity index (χ1) is 12.3. The van der Waals surface area contributed by atoms with Gasteiger partial charge in [-0.15, -0.1) is 0 Å². The van der Waals surface area contributed by atoms with E-state index in [0.717, 1.165) is 0 Å². The molecule has 0 radical (unpaired) electrons. The summed E-state index contributed by atoms with van der Waals surface area (Å²) in [6, 6.07) is 9.28. The molecule has 0 atom stereocenters. The fourth-order valence-corrected chi connectivity index (χ4v) is 2.94. The van der Waals surface area contributed by atoms with Crippen molar-refractivity contribution in [1.29, 1.82) is 0 Å². The summed E-state index contributed by atoms with van der Waals surface area (Å²) >= 11 is 23.4. The number of hydrazine groups is 1. The van der Waals surface area contributed by atoms with Crippen LogP contribution in [0, 0.1) is 0 Å². The van der Waals surface area contributed by atoms with Gasteiger partial charge in [-0.1, -0.05) is 46.4 Å². The van der Waals surface area contributed by atoms with Gasteiger partial charge in [0.25, 0.3) is 5.91 Å². The first kappa shape index (κ1) is 20.6. The fourth-order valence-electron chi connectivity index (χ4n) is 1.95. The van der Waals surface area contributed by atoms with Gasteiger partial charge in [-0.25, -0.2) is 0 Å². The van der Waals surface area contributed by atoms with Crippen molar-refractivity contribution in [2.75, 3.05) is 6.61 Å². The minimum Gasteiger partial charge on any atom is -0.492 e. The van der Waals surface area contributed by atoms with E-state index in [1.807, 2.05) is 0 Å². The molecule has 2 aromatic rings. The minimum absolute atomic E-state index is 0.155. The largest absolute Gasteiger partial charge is 0.492 e. The normalized spacial score (nSPS) is 10.3. The summed E-state index contributed by atoms with van der Waals surface area (Å²) in [4.78, 5) is 23.7. The third-order valence-electron chi connectivity index (χ3n) is 3.14. The molecule has 0 saturated heterocycles. The van der Waals surface area contributed by atoms with Crippen LogP contribution in [0.1, 0.15) is 23.2 Å². The molecule has 0 aliphatic rings. The van der Waals surface area contributed by atoms with Crippen LogP contribution in [0.15, 0.2) is 36.4 Å². The number of nitrogens with one attached hydrogen (secondary N) is 2. The van der Waals surface area contributed by atoms with Gasteiger partial charge in [0.15, 0.2) is 0 Å². The van der Waals surface area contributed by atoms with Crippen LogP contribution >= 0.6 is 46.4 Å². The van der Waals surface area contributed by atoms with Crippen molar-refractivity contribution in [3.05, 3.63) is 62.1 Å². The molecule has 2 rings (SSSR count). The number of benzene rings is 2. The van der Waals surface area contributed by atoms with Crippen LogP contribution in [0.5, 0.6) is 5.75 Å². The smallest absolute Gasteiger partial charge is 0.269 e. The summed E-state index contributed by atoms with van der Waals surface area (Å²) < 4.78 is 5.48. The second-order valence-corrected chi connectivity index (χ2v) is 6.90. The van der Waals surface area contributed by atoms with Crippen LogP contribution in [-0.4, -0.2) is 18.4 Å². The van der Waals surface area contributed by atoms with Gasteiger partial charge in [0, 0.05) is 27.1 Å². The maximum atomic E-state index is 11.9. The quantitative estimate of drug-likeness (QED) is 0.499. The number of rotatable bonds is 6. The van der Waals surface area contributed by atoms with E-state index in [4.69, 9.17) is 51.1 Å². The van der Waals surface area contributed by atoms with Gasteiger partial charge in [-0.3, -0.25) is 20.4 Å². The van der Waals surface area contributed by atoms with E-state index in [9.17, 15) is 9.59 Å². The Morgan fingerprint density at radius 1 is 0.885 bits per heavy atom. The number of hydrogen-bond acceptors (Lipinski definition) is 3. The van der Waals surface area contributed by atoms with Crippen molar-refractivity contribution in [3.8, 4) is 5.75 Å². The van der Waals surface area contributed by atoms with E-state index in [2.05, 4.69) is 10.9 Å². The Balaban J connectivity index is 1.71. The maximum absolute atomic E-state index is 11.9. The van der Waals surface area contributed by atoms with Crippen LogP contribution in [0.25, 0.3) is 0 Å². The van der Waals surface area contributed by atoms with Gasteiger partial charge in [0.05, 0.1) is 11.6 Å². The monoisotopic (exact) mass is 434 g/mol. The molecule has 0 heterocycles. The minimum atomic E-state index is -0.521. The van der Waals surface area contributed by atoms with Gasteiger partial charge >= 0.3 is 0 Å². The molecule has 2 aromatic carbocycles. The Morgan fingerprint density at radius 2 is 1.58 bits per heavy atom. The molecular formula is C17H14Cl4N2O3. The van der Waals surface area contributed by atoms with Crippen molar-refractivity contribution < 1.29 is 14.3 Å². The van der Waals surface area contributed by atoms with Crippen molar-refractivity contribution in [2.24, 2.45) is 0 Å². The van der Waals surface area contributed by atoms with Gasteiger partial charge in [0.2, 0.25) is 5.91 Å². The highest BCUT2D eigenvalue weighted by Crippen LogP contribution is 2.27. The molecule has 0 aliphatic heterocycles. The standard InChI is InChI=1S/C17H14Cl4N2O3/c18-11-3-4-15(14(21)9-11)26-5-1-2-16(24)22-23-17(25)10-6-12(19)8-13(20)7-10/h3-4,6-9H,1-2,5H2,(H,22,24)(H,23,25). The van der Waals surface area contributed by atoms with Gasteiger partial charge < -0.3 is 4.74 Å². The van der Waals surface area contributed by atoms with E-state index in [1.165, 1.54) is 18.2 Å². The number of hydrogen-bond donors (Lipinski definition) is 2. The van der Waals surface area contributed by atoms with Crippen molar-refractivity contribution in [3.63, 3.8) is 0 Å². The molecule has 9 heteroatoms. The van der Waals surface area contributed by atoms with Crippen LogP contribution in [0.4, 0.5) is 0 Å². The van der Waals surface area contributed by atoms with E-state index in [-0.39, 0.29) is 24.5 Å². The third kappa shape index (κ3) is 6.57. The Labute approximate surface area is 170 Å². The lowest BCUT2D eigenvalue weighted by Gasteiger charge is -2.09. The zero-order valence-corrected chi connectivity index (χ0v) is 16.3. The Hall–Kier alpha value is -1.66. The lowest BCUT2D eigenvalue weighted by molar-refractivity contribution is -0.122. The van der Waals surface area contributed by atoms with E-state index in [0.29, 0.717) is 32.3 Å². The molecule has 26 heavy (non-hydrogen) atoms. The molecule has 0 saturated carbocycles. The average molecular weight is 436 g/mol. The summed E-state index contributed by atoms with van der Waals surface area (Å²) in [6.07, 6.45) is 0.589. The highest BCUT2D eigenvalue weighted by atomic mass is 35.5. The summed E-state index contributed by atoms with van der Waals surface area (Å²) in [6.45, 7) is 0.284. The number of halogens is 4. The predicted octanol–water partition coefficient (Wildman–Crippen LogP) is 4.92. The molecule has 2 amide bonds. The second-order valence-electron chi connectivity index (χ2n) is 5.19. The molecule has 0 bridgehead atoms. The highest BCUT2D eigenvalue weighted by molar-refractivity contribution is 6.35. The van der Waals surface area contributed by atoms with Crippen molar-refractivity contribution >= 4 is 58.2 Å². The van der Waals surface area contributed by atoms with Crippen LogP contribution in [0.2, 0.25) is 20.1 Å². The molecule has 0 aromatic heterocycles. The fraction of sp³-hybridized carbons (Fsp3) is 0.176. The Bertz CT molecular complexity index is 794. The lowest BCUT2D eigenvalue weighted by atomic mass is 10.2. The van der Waals surface area contributed by atoms with E-state index >= 15 is 0 Å². The van der Waals surface area contributed by atoms with Gasteiger partial charge in [-0.2, -0.15) is 0 Å². The molecule has 0 aliphatic carbocycles. The number of carbonyl (C=O) groups is 2. The molecule has 138 valence electrons. The van der Waals surface area contributed by atoms with Crippen molar-refractivity contribution in [1.82, 2.24) is 10.9 Å². The first-order valence-corrected chi connectivity index (χ1v) is 8.99. The molecule has 0 fully saturated rings. The molecular weight excluding hydrogens is 422 g/mol. The zero-order chi connectivity index (χ0) is 19.1. The summed E-state index contributed by atoms with van der Waals surface area (Å²) in [5, 5.41) is 1.56. The van der Waals surface area contributed by atoms with Crippen LogP contribution < -0.4 is 15.6 Å². The van der Waals surface area contributed by atoms with Gasteiger partial charge in [0.1, 0.15) is 5.75 Å². The van der Waals surface area contributed by atoms with Crippen LogP contribution in [0.3, 0.4) is 0 Å². The summed E-state index contributed by atoms with van der Waals surface area (Å²) in [5.74, 6) is -0.396. The zero-order valence-electron chi connectivity index (χ0n) is 13.3. The van der Waals surface area contributed by atoms with E-state index in [1.54, 1.807) is 18.2 Å². The highest BCUT2D eigenvalue weighted by Gasteiger charge is 2.09. The first-order valence-electron chi connectivity index (χ1n) is 7.48. The third-order valence-corrected chi connectivity index (χ3v) is 4.11. The molecule has 5 nitrogen and oxygen atoms in total. The van der Waals surface area contributed by atoms with Gasteiger partial charge in [-0.05, 0) is 42.8 Å².